The lowest BCUT2D eigenvalue weighted by Gasteiger charge is -2.38. The van der Waals surface area contributed by atoms with E-state index < -0.39 is 0 Å². The fraction of sp³-hybridized carbons (Fsp3) is 1.00. The maximum Gasteiger partial charge on any atom is 0.0494 e. The third-order valence-corrected chi connectivity index (χ3v) is 4.48. The van der Waals surface area contributed by atoms with Crippen molar-refractivity contribution in [2.24, 2.45) is 5.92 Å². The van der Waals surface area contributed by atoms with Crippen molar-refractivity contribution in [3.63, 3.8) is 0 Å². The van der Waals surface area contributed by atoms with Gasteiger partial charge in [0.1, 0.15) is 0 Å². The van der Waals surface area contributed by atoms with Crippen LogP contribution < -0.4 is 5.32 Å². The van der Waals surface area contributed by atoms with E-state index in [1.54, 1.807) is 0 Å². The van der Waals surface area contributed by atoms with Crippen LogP contribution in [0.25, 0.3) is 0 Å². The van der Waals surface area contributed by atoms with Crippen molar-refractivity contribution in [3.05, 3.63) is 0 Å². The van der Waals surface area contributed by atoms with Gasteiger partial charge in [0.2, 0.25) is 0 Å². The third-order valence-electron chi connectivity index (χ3n) is 4.48. The van der Waals surface area contributed by atoms with Crippen molar-refractivity contribution in [2.75, 3.05) is 32.8 Å². The van der Waals surface area contributed by atoms with E-state index >= 15 is 0 Å². The minimum atomic E-state index is 0.728. The van der Waals surface area contributed by atoms with E-state index in [1.165, 1.54) is 58.2 Å². The van der Waals surface area contributed by atoms with Gasteiger partial charge >= 0.3 is 0 Å². The van der Waals surface area contributed by atoms with Crippen molar-refractivity contribution in [1.29, 1.82) is 0 Å². The zero-order valence-electron chi connectivity index (χ0n) is 12.9. The summed E-state index contributed by atoms with van der Waals surface area (Å²) in [7, 11) is 0. The molecule has 2 atom stereocenters. The second-order valence-electron chi connectivity index (χ2n) is 6.43. The van der Waals surface area contributed by atoms with Gasteiger partial charge in [-0.2, -0.15) is 0 Å². The second kappa shape index (κ2) is 8.23. The van der Waals surface area contributed by atoms with Gasteiger partial charge in [-0.25, -0.2) is 0 Å². The number of nitrogens with one attached hydrogen (secondary N) is 1. The van der Waals surface area contributed by atoms with Crippen LogP contribution in [0.4, 0.5) is 0 Å². The smallest absolute Gasteiger partial charge is 0.0494 e. The molecule has 1 aliphatic carbocycles. The second-order valence-corrected chi connectivity index (χ2v) is 6.43. The molecule has 2 fully saturated rings. The first kappa shape index (κ1) is 15.3. The number of piperidine rings is 1. The van der Waals surface area contributed by atoms with E-state index in [9.17, 15) is 0 Å². The number of nitrogens with zero attached hydrogens (tertiary/aromatic N) is 1. The fourth-order valence-electron chi connectivity index (χ4n) is 2.99. The van der Waals surface area contributed by atoms with Crippen LogP contribution in [0.1, 0.15) is 52.4 Å². The van der Waals surface area contributed by atoms with Crippen LogP contribution in [-0.2, 0) is 4.74 Å². The molecule has 0 aromatic rings. The molecule has 2 rings (SSSR count). The Kier molecular flexibility index (Phi) is 6.62. The first-order valence-corrected chi connectivity index (χ1v) is 8.34. The molecule has 112 valence electrons. The van der Waals surface area contributed by atoms with Crippen LogP contribution in [0.2, 0.25) is 0 Å². The summed E-state index contributed by atoms with van der Waals surface area (Å²) in [6, 6.07) is 1.48. The zero-order valence-corrected chi connectivity index (χ0v) is 12.9. The molecule has 0 amide bonds. The minimum absolute atomic E-state index is 0.728. The Hall–Kier alpha value is -0.120. The van der Waals surface area contributed by atoms with Crippen LogP contribution >= 0.6 is 0 Å². The maximum absolute atomic E-state index is 5.72. The number of ether oxygens (including phenoxy) is 1. The predicted octanol–water partition coefficient (Wildman–Crippen LogP) is 2.66. The number of rotatable bonds is 9. The van der Waals surface area contributed by atoms with E-state index in [4.69, 9.17) is 4.74 Å². The van der Waals surface area contributed by atoms with Gasteiger partial charge < -0.3 is 15.0 Å². The maximum atomic E-state index is 5.72. The monoisotopic (exact) mass is 268 g/mol. The highest BCUT2D eigenvalue weighted by Gasteiger charge is 2.24. The van der Waals surface area contributed by atoms with Crippen molar-refractivity contribution >= 4 is 0 Å². The Morgan fingerprint density at radius 2 is 2.11 bits per heavy atom. The summed E-state index contributed by atoms with van der Waals surface area (Å²) in [6.45, 7) is 10.2. The molecule has 0 radical (unpaired) electrons. The molecule has 2 unspecified atom stereocenters. The van der Waals surface area contributed by atoms with E-state index in [-0.39, 0.29) is 0 Å². The fourth-order valence-corrected chi connectivity index (χ4v) is 2.99. The molecule has 0 bridgehead atoms. The summed E-state index contributed by atoms with van der Waals surface area (Å²) >= 11 is 0. The molecule has 3 heteroatoms. The highest BCUT2D eigenvalue weighted by molar-refractivity contribution is 4.82. The highest BCUT2D eigenvalue weighted by Crippen LogP contribution is 2.28. The van der Waals surface area contributed by atoms with E-state index in [1.807, 2.05) is 0 Å². The summed E-state index contributed by atoms with van der Waals surface area (Å²) in [5.74, 6) is 0.902. The summed E-state index contributed by atoms with van der Waals surface area (Å²) in [4.78, 5) is 2.64. The van der Waals surface area contributed by atoms with Crippen molar-refractivity contribution in [2.45, 2.75) is 64.5 Å². The molecular formula is C16H32N2O. The van der Waals surface area contributed by atoms with Gasteiger partial charge in [0, 0.05) is 31.8 Å². The van der Waals surface area contributed by atoms with Gasteiger partial charge in [-0.05, 0) is 64.5 Å². The summed E-state index contributed by atoms with van der Waals surface area (Å²) in [6.07, 6.45) is 7.86. The van der Waals surface area contributed by atoms with Gasteiger partial charge in [-0.1, -0.05) is 6.92 Å². The molecule has 1 aliphatic heterocycles. The molecule has 2 aliphatic rings. The Morgan fingerprint density at radius 1 is 1.26 bits per heavy atom. The summed E-state index contributed by atoms with van der Waals surface area (Å²) in [5.41, 5.74) is 0. The first-order valence-electron chi connectivity index (χ1n) is 8.34. The molecule has 1 heterocycles. The average molecular weight is 268 g/mol. The highest BCUT2D eigenvalue weighted by atomic mass is 16.5. The van der Waals surface area contributed by atoms with Crippen LogP contribution in [0.5, 0.6) is 0 Å². The van der Waals surface area contributed by atoms with Gasteiger partial charge in [0.15, 0.2) is 0 Å². The van der Waals surface area contributed by atoms with Crippen LogP contribution in [0, 0.1) is 5.92 Å². The van der Waals surface area contributed by atoms with Gasteiger partial charge in [-0.3, -0.25) is 0 Å². The summed E-state index contributed by atoms with van der Waals surface area (Å²) in [5, 5.41) is 3.67. The predicted molar refractivity (Wildman–Crippen MR) is 80.5 cm³/mol. The molecule has 1 saturated carbocycles. The average Bonchev–Trinajstić information content (AvgIpc) is 3.22. The van der Waals surface area contributed by atoms with E-state index in [0.717, 1.165) is 31.2 Å². The quantitative estimate of drug-likeness (QED) is 0.651. The SMILES string of the molecule is CCCNC1CCN(CCCOCC2CC2)C(C)C1. The summed E-state index contributed by atoms with van der Waals surface area (Å²) < 4.78 is 5.72. The van der Waals surface area contributed by atoms with Gasteiger partial charge in [0.05, 0.1) is 0 Å². The first-order chi connectivity index (χ1) is 9.29. The number of hydrogen-bond donors (Lipinski definition) is 1. The zero-order chi connectivity index (χ0) is 13.5. The normalized spacial score (nSPS) is 28.7. The Balaban J connectivity index is 1.51. The number of likely N-dealkylation sites (tertiary alicyclic amines) is 1. The standard InChI is InChI=1S/C16H32N2O/c1-3-8-17-16-7-10-18(14(2)12-16)9-4-11-19-13-15-5-6-15/h14-17H,3-13H2,1-2H3. The molecule has 1 saturated heterocycles. The third kappa shape index (κ3) is 5.80. The molecule has 0 aromatic carbocycles. The molecule has 19 heavy (non-hydrogen) atoms. The topological polar surface area (TPSA) is 24.5 Å². The molecular weight excluding hydrogens is 236 g/mol. The lowest BCUT2D eigenvalue weighted by Crippen LogP contribution is -2.47. The largest absolute Gasteiger partial charge is 0.381 e. The Morgan fingerprint density at radius 3 is 2.79 bits per heavy atom. The minimum Gasteiger partial charge on any atom is -0.381 e. The Labute approximate surface area is 119 Å². The Bertz CT molecular complexity index is 243. The molecule has 0 spiro atoms. The van der Waals surface area contributed by atoms with Gasteiger partial charge in [-0.15, -0.1) is 0 Å². The van der Waals surface area contributed by atoms with E-state index in [2.05, 4.69) is 24.1 Å². The van der Waals surface area contributed by atoms with Gasteiger partial charge in [0.25, 0.3) is 0 Å². The lowest BCUT2D eigenvalue weighted by atomic mass is 9.98. The van der Waals surface area contributed by atoms with Crippen LogP contribution in [0.3, 0.4) is 0 Å². The molecule has 3 nitrogen and oxygen atoms in total. The van der Waals surface area contributed by atoms with Crippen molar-refractivity contribution in [1.82, 2.24) is 10.2 Å². The number of hydrogen-bond acceptors (Lipinski definition) is 3. The van der Waals surface area contributed by atoms with Crippen molar-refractivity contribution in [3.8, 4) is 0 Å². The van der Waals surface area contributed by atoms with E-state index in [0.29, 0.717) is 0 Å². The molecule has 0 aromatic heterocycles. The van der Waals surface area contributed by atoms with Crippen LogP contribution in [-0.4, -0.2) is 49.8 Å². The van der Waals surface area contributed by atoms with Crippen LogP contribution in [0.15, 0.2) is 0 Å². The lowest BCUT2D eigenvalue weighted by molar-refractivity contribution is 0.0909. The molecule has 1 N–H and O–H groups in total. The van der Waals surface area contributed by atoms with Crippen molar-refractivity contribution < 1.29 is 4.74 Å².